The van der Waals surface area contributed by atoms with Crippen LogP contribution in [0.1, 0.15) is 40.7 Å². The van der Waals surface area contributed by atoms with Gasteiger partial charge in [-0.25, -0.2) is 0 Å². The number of esters is 1. The van der Waals surface area contributed by atoms with Crippen LogP contribution in [0.25, 0.3) is 0 Å². The van der Waals surface area contributed by atoms with Crippen molar-refractivity contribution < 1.29 is 14.3 Å². The average Bonchev–Trinajstić information content (AvgIpc) is 3.03. The van der Waals surface area contributed by atoms with Gasteiger partial charge in [-0.05, 0) is 42.6 Å². The molecule has 0 N–H and O–H groups in total. The van der Waals surface area contributed by atoms with Crippen LogP contribution >= 0.6 is 23.1 Å². The van der Waals surface area contributed by atoms with Crippen molar-refractivity contribution in [3.05, 3.63) is 21.9 Å². The molecule has 5 heteroatoms. The first-order valence-electron chi connectivity index (χ1n) is 6.85. The van der Waals surface area contributed by atoms with Gasteiger partial charge in [0.05, 0.1) is 24.2 Å². The fourth-order valence-electron chi connectivity index (χ4n) is 2.08. The Balaban J connectivity index is 1.75. The van der Waals surface area contributed by atoms with Crippen molar-refractivity contribution in [3.63, 3.8) is 0 Å². The molecule has 2 rings (SSSR count). The highest BCUT2D eigenvalue weighted by Gasteiger charge is 2.44. The van der Waals surface area contributed by atoms with Crippen LogP contribution in [0.4, 0.5) is 0 Å². The maximum Gasteiger partial charge on any atom is 0.306 e. The standard InChI is InChI=1S/C15H20O3S2/c1-3-11-4-5-13(20-11)12(16)9-19-10-15(6-7-15)8-14(17)18-2/h4-5H,3,6-10H2,1-2H3. The molecule has 1 aromatic heterocycles. The van der Waals surface area contributed by atoms with Crippen molar-refractivity contribution in [2.24, 2.45) is 5.41 Å². The molecule has 0 radical (unpaired) electrons. The zero-order valence-electron chi connectivity index (χ0n) is 11.9. The van der Waals surface area contributed by atoms with Gasteiger partial charge in [-0.15, -0.1) is 11.3 Å². The fraction of sp³-hybridized carbons (Fsp3) is 0.600. The highest BCUT2D eigenvalue weighted by atomic mass is 32.2. The minimum Gasteiger partial charge on any atom is -0.469 e. The second-order valence-corrected chi connectivity index (χ2v) is 7.44. The summed E-state index contributed by atoms with van der Waals surface area (Å²) in [6, 6.07) is 3.95. The molecule has 0 spiro atoms. The van der Waals surface area contributed by atoms with Gasteiger partial charge >= 0.3 is 5.97 Å². The molecule has 0 aromatic carbocycles. The van der Waals surface area contributed by atoms with Crippen LogP contribution in [0.3, 0.4) is 0 Å². The van der Waals surface area contributed by atoms with Crippen LogP contribution in [-0.2, 0) is 16.0 Å². The SMILES string of the molecule is CCc1ccc(C(=O)CSCC2(CC(=O)OC)CC2)s1. The summed E-state index contributed by atoms with van der Waals surface area (Å²) in [5, 5.41) is 0. The number of ketones is 1. The van der Waals surface area contributed by atoms with E-state index >= 15 is 0 Å². The van der Waals surface area contributed by atoms with E-state index in [-0.39, 0.29) is 17.2 Å². The number of thioether (sulfide) groups is 1. The molecule has 110 valence electrons. The van der Waals surface area contributed by atoms with Crippen LogP contribution in [0, 0.1) is 5.41 Å². The van der Waals surface area contributed by atoms with E-state index in [0.717, 1.165) is 29.9 Å². The summed E-state index contributed by atoms with van der Waals surface area (Å²) >= 11 is 3.24. The maximum absolute atomic E-state index is 12.1. The molecule has 1 aliphatic carbocycles. The number of carbonyl (C=O) groups excluding carboxylic acids is 2. The largest absolute Gasteiger partial charge is 0.469 e. The van der Waals surface area contributed by atoms with Crippen molar-refractivity contribution in [2.75, 3.05) is 18.6 Å². The van der Waals surface area contributed by atoms with E-state index in [0.29, 0.717) is 12.2 Å². The van der Waals surface area contributed by atoms with Crippen molar-refractivity contribution in [2.45, 2.75) is 32.6 Å². The molecule has 1 heterocycles. The normalized spacial score (nSPS) is 15.9. The zero-order valence-corrected chi connectivity index (χ0v) is 13.6. The topological polar surface area (TPSA) is 43.4 Å². The molecule has 3 nitrogen and oxygen atoms in total. The quantitative estimate of drug-likeness (QED) is 0.544. The molecule has 0 unspecified atom stereocenters. The van der Waals surface area contributed by atoms with Crippen LogP contribution in [-0.4, -0.2) is 30.4 Å². The number of hydrogen-bond donors (Lipinski definition) is 0. The number of ether oxygens (including phenoxy) is 1. The van der Waals surface area contributed by atoms with Crippen molar-refractivity contribution >= 4 is 34.9 Å². The molecule has 0 bridgehead atoms. The number of carbonyl (C=O) groups is 2. The first-order chi connectivity index (χ1) is 9.58. The van der Waals surface area contributed by atoms with Crippen LogP contribution < -0.4 is 0 Å². The number of methoxy groups -OCH3 is 1. The van der Waals surface area contributed by atoms with E-state index in [1.807, 2.05) is 12.1 Å². The van der Waals surface area contributed by atoms with Gasteiger partial charge in [-0.1, -0.05) is 6.92 Å². The second-order valence-electron chi connectivity index (χ2n) is 5.29. The third-order valence-corrected chi connectivity index (χ3v) is 6.18. The third-order valence-electron chi connectivity index (χ3n) is 3.63. The molecule has 1 aliphatic rings. The van der Waals surface area contributed by atoms with Gasteiger partial charge in [0, 0.05) is 4.88 Å². The van der Waals surface area contributed by atoms with E-state index in [1.54, 1.807) is 23.1 Å². The van der Waals surface area contributed by atoms with E-state index in [9.17, 15) is 9.59 Å². The van der Waals surface area contributed by atoms with Crippen molar-refractivity contribution in [3.8, 4) is 0 Å². The Hall–Kier alpha value is -0.810. The van der Waals surface area contributed by atoms with Crippen molar-refractivity contribution in [1.82, 2.24) is 0 Å². The van der Waals surface area contributed by atoms with Gasteiger partial charge < -0.3 is 4.74 Å². The summed E-state index contributed by atoms with van der Waals surface area (Å²) in [6.07, 6.45) is 3.61. The lowest BCUT2D eigenvalue weighted by molar-refractivity contribution is -0.141. The van der Waals surface area contributed by atoms with Gasteiger partial charge in [-0.3, -0.25) is 9.59 Å². The molecular formula is C15H20O3S2. The molecule has 20 heavy (non-hydrogen) atoms. The van der Waals surface area contributed by atoms with Crippen molar-refractivity contribution in [1.29, 1.82) is 0 Å². The number of Topliss-reactive ketones (excluding diaryl/α,β-unsaturated/α-hetero) is 1. The maximum atomic E-state index is 12.1. The summed E-state index contributed by atoms with van der Waals surface area (Å²) < 4.78 is 4.72. The molecule has 0 saturated heterocycles. The van der Waals surface area contributed by atoms with Gasteiger partial charge in [0.1, 0.15) is 0 Å². The first-order valence-corrected chi connectivity index (χ1v) is 8.82. The summed E-state index contributed by atoms with van der Waals surface area (Å²) in [4.78, 5) is 25.5. The molecule has 0 amide bonds. The minimum atomic E-state index is -0.139. The van der Waals surface area contributed by atoms with Crippen LogP contribution in [0.15, 0.2) is 12.1 Å². The monoisotopic (exact) mass is 312 g/mol. The number of hydrogen-bond acceptors (Lipinski definition) is 5. The molecule has 1 aromatic rings. The Labute approximate surface area is 128 Å². The molecule has 1 fully saturated rings. The van der Waals surface area contributed by atoms with E-state index in [4.69, 9.17) is 4.74 Å². The smallest absolute Gasteiger partial charge is 0.306 e. The summed E-state index contributed by atoms with van der Waals surface area (Å²) in [6.45, 7) is 2.10. The molecular weight excluding hydrogens is 292 g/mol. The Morgan fingerprint density at radius 1 is 1.40 bits per heavy atom. The number of thiophene rings is 1. The summed E-state index contributed by atoms with van der Waals surface area (Å²) in [7, 11) is 1.43. The van der Waals surface area contributed by atoms with Gasteiger partial charge in [0.25, 0.3) is 0 Å². The Morgan fingerprint density at radius 2 is 2.15 bits per heavy atom. The highest BCUT2D eigenvalue weighted by molar-refractivity contribution is 8.00. The predicted octanol–water partition coefficient (Wildman–Crippen LogP) is 3.57. The van der Waals surface area contributed by atoms with Gasteiger partial charge in [0.15, 0.2) is 5.78 Å². The zero-order chi connectivity index (χ0) is 14.6. The van der Waals surface area contributed by atoms with E-state index in [2.05, 4.69) is 6.92 Å². The molecule has 0 atom stereocenters. The third kappa shape index (κ3) is 4.09. The minimum absolute atomic E-state index is 0.0993. The van der Waals surface area contributed by atoms with Crippen LogP contribution in [0.5, 0.6) is 0 Å². The lowest BCUT2D eigenvalue weighted by Crippen LogP contribution is -2.14. The lowest BCUT2D eigenvalue weighted by Gasteiger charge is -2.12. The second kappa shape index (κ2) is 6.76. The first kappa shape index (κ1) is 15.6. The Bertz CT molecular complexity index is 489. The number of rotatable bonds is 8. The molecule has 1 saturated carbocycles. The fourth-order valence-corrected chi connectivity index (χ4v) is 4.32. The predicted molar refractivity (Wildman–Crippen MR) is 83.7 cm³/mol. The number of aryl methyl sites for hydroxylation is 1. The summed E-state index contributed by atoms with van der Waals surface area (Å²) in [5.74, 6) is 1.45. The summed E-state index contributed by atoms with van der Waals surface area (Å²) in [5.41, 5.74) is 0.0993. The average molecular weight is 312 g/mol. The molecule has 0 aliphatic heterocycles. The lowest BCUT2D eigenvalue weighted by atomic mass is 10.1. The van der Waals surface area contributed by atoms with Crippen LogP contribution in [0.2, 0.25) is 0 Å². The van der Waals surface area contributed by atoms with Gasteiger partial charge in [0.2, 0.25) is 0 Å². The highest BCUT2D eigenvalue weighted by Crippen LogP contribution is 2.51. The van der Waals surface area contributed by atoms with Gasteiger partial charge in [-0.2, -0.15) is 11.8 Å². The Kier molecular flexibility index (Phi) is 5.27. The Morgan fingerprint density at radius 3 is 2.70 bits per heavy atom. The van der Waals surface area contributed by atoms with E-state index in [1.165, 1.54) is 12.0 Å². The van der Waals surface area contributed by atoms with E-state index < -0.39 is 0 Å².